The Morgan fingerprint density at radius 1 is 1.04 bits per heavy atom. The van der Waals surface area contributed by atoms with Crippen LogP contribution in [-0.2, 0) is 0 Å². The van der Waals surface area contributed by atoms with E-state index in [0.717, 1.165) is 0 Å². The molecule has 7 heteroatoms. The van der Waals surface area contributed by atoms with E-state index in [9.17, 15) is 15.0 Å². The molecule has 7 nitrogen and oxygen atoms in total. The number of aliphatic hydroxyl groups is 1. The molecule has 3 unspecified atom stereocenters. The zero-order chi connectivity index (χ0) is 20.2. The molecule has 2 aromatic carbocycles. The van der Waals surface area contributed by atoms with Crippen molar-refractivity contribution in [3.63, 3.8) is 0 Å². The molecule has 1 aliphatic heterocycles. The molecule has 148 valence electrons. The highest BCUT2D eigenvalue weighted by Gasteiger charge is 2.49. The summed E-state index contributed by atoms with van der Waals surface area (Å²) in [5.74, 6) is 0.452. The van der Waals surface area contributed by atoms with Crippen molar-refractivity contribution in [2.45, 2.75) is 25.4 Å². The van der Waals surface area contributed by atoms with Crippen molar-refractivity contribution in [3.8, 4) is 28.7 Å². The molecular formula is C21H22O7. The zero-order valence-electron chi connectivity index (χ0n) is 16.1. The van der Waals surface area contributed by atoms with Crippen molar-refractivity contribution < 1.29 is 34.0 Å². The van der Waals surface area contributed by atoms with Crippen LogP contribution in [0.4, 0.5) is 0 Å². The summed E-state index contributed by atoms with van der Waals surface area (Å²) >= 11 is 0. The fourth-order valence-corrected chi connectivity index (χ4v) is 4.05. The SMILES string of the molecule is COc1cc2c(cc1OC)C(c1cc3c(cc1O)OCO3)C(C)C(C)(O)C2=O. The molecule has 0 radical (unpaired) electrons. The average molecular weight is 386 g/mol. The maximum absolute atomic E-state index is 13.0. The van der Waals surface area contributed by atoms with Gasteiger partial charge in [0, 0.05) is 29.0 Å². The minimum absolute atomic E-state index is 0.00647. The first-order valence-electron chi connectivity index (χ1n) is 8.95. The molecule has 0 amide bonds. The Bertz CT molecular complexity index is 964. The van der Waals surface area contributed by atoms with Gasteiger partial charge in [0.05, 0.1) is 14.2 Å². The van der Waals surface area contributed by atoms with Gasteiger partial charge in [-0.15, -0.1) is 0 Å². The summed E-state index contributed by atoms with van der Waals surface area (Å²) in [6.45, 7) is 3.36. The topological polar surface area (TPSA) is 94.5 Å². The number of hydrogen-bond acceptors (Lipinski definition) is 7. The van der Waals surface area contributed by atoms with Crippen LogP contribution in [0.2, 0.25) is 0 Å². The third-order valence-electron chi connectivity index (χ3n) is 5.84. The van der Waals surface area contributed by atoms with E-state index in [0.29, 0.717) is 39.7 Å². The molecule has 0 spiro atoms. The molecule has 0 fully saturated rings. The number of carbonyl (C=O) groups is 1. The van der Waals surface area contributed by atoms with E-state index in [2.05, 4.69) is 0 Å². The second-order valence-electron chi connectivity index (χ2n) is 7.30. The van der Waals surface area contributed by atoms with Gasteiger partial charge in [-0.05, 0) is 30.7 Å². The van der Waals surface area contributed by atoms with Crippen LogP contribution in [0, 0.1) is 5.92 Å². The van der Waals surface area contributed by atoms with E-state index in [1.807, 2.05) is 0 Å². The predicted molar refractivity (Wildman–Crippen MR) is 99.7 cm³/mol. The number of phenols is 1. The smallest absolute Gasteiger partial charge is 0.231 e. The largest absolute Gasteiger partial charge is 0.508 e. The number of ether oxygens (including phenoxy) is 4. The summed E-state index contributed by atoms with van der Waals surface area (Å²) in [5.41, 5.74) is -0.100. The van der Waals surface area contributed by atoms with Gasteiger partial charge < -0.3 is 29.2 Å². The van der Waals surface area contributed by atoms with Gasteiger partial charge in [-0.2, -0.15) is 0 Å². The van der Waals surface area contributed by atoms with E-state index < -0.39 is 23.2 Å². The Morgan fingerprint density at radius 3 is 2.29 bits per heavy atom. The zero-order valence-corrected chi connectivity index (χ0v) is 16.1. The summed E-state index contributed by atoms with van der Waals surface area (Å²) in [4.78, 5) is 13.0. The number of carbonyl (C=O) groups excluding carboxylic acids is 1. The molecule has 0 aromatic heterocycles. The first-order valence-corrected chi connectivity index (χ1v) is 8.95. The number of fused-ring (bicyclic) bond motifs is 2. The Hall–Kier alpha value is -2.93. The lowest BCUT2D eigenvalue weighted by Gasteiger charge is -2.41. The Balaban J connectivity index is 1.98. The van der Waals surface area contributed by atoms with Crippen LogP contribution in [-0.4, -0.2) is 42.6 Å². The van der Waals surface area contributed by atoms with E-state index in [1.165, 1.54) is 27.2 Å². The van der Waals surface area contributed by atoms with E-state index in [1.54, 1.807) is 25.1 Å². The second-order valence-corrected chi connectivity index (χ2v) is 7.30. The lowest BCUT2D eigenvalue weighted by atomic mass is 9.64. The van der Waals surface area contributed by atoms with Crippen molar-refractivity contribution in [1.29, 1.82) is 0 Å². The fourth-order valence-electron chi connectivity index (χ4n) is 4.05. The summed E-state index contributed by atoms with van der Waals surface area (Å²) in [5, 5.41) is 21.7. The quantitative estimate of drug-likeness (QED) is 0.838. The molecular weight excluding hydrogens is 364 g/mol. The van der Waals surface area contributed by atoms with Crippen LogP contribution in [0.15, 0.2) is 24.3 Å². The maximum atomic E-state index is 13.0. The first-order chi connectivity index (χ1) is 13.3. The van der Waals surface area contributed by atoms with Crippen molar-refractivity contribution >= 4 is 5.78 Å². The summed E-state index contributed by atoms with van der Waals surface area (Å²) in [6.07, 6.45) is 0. The van der Waals surface area contributed by atoms with Gasteiger partial charge in [0.15, 0.2) is 28.8 Å². The molecule has 0 bridgehead atoms. The van der Waals surface area contributed by atoms with E-state index >= 15 is 0 Å². The van der Waals surface area contributed by atoms with E-state index in [4.69, 9.17) is 18.9 Å². The molecule has 1 aliphatic carbocycles. The van der Waals surface area contributed by atoms with Crippen LogP contribution < -0.4 is 18.9 Å². The van der Waals surface area contributed by atoms with Gasteiger partial charge in [0.25, 0.3) is 0 Å². The van der Waals surface area contributed by atoms with E-state index in [-0.39, 0.29) is 12.5 Å². The standard InChI is InChI=1S/C21H22O7/c1-10-19(13-7-17-18(8-14(13)22)28-9-27-17)11-5-15(25-3)16(26-4)6-12(11)20(23)21(10,2)24/h5-8,10,19,22,24H,9H2,1-4H3. The molecule has 2 N–H and O–H groups in total. The second kappa shape index (κ2) is 6.31. The van der Waals surface area contributed by atoms with Crippen molar-refractivity contribution in [2.75, 3.05) is 21.0 Å². The van der Waals surface area contributed by atoms with Crippen molar-refractivity contribution in [3.05, 3.63) is 41.0 Å². The highest BCUT2D eigenvalue weighted by Crippen LogP contribution is 2.52. The monoisotopic (exact) mass is 386 g/mol. The number of rotatable bonds is 3. The van der Waals surface area contributed by atoms with Crippen molar-refractivity contribution in [1.82, 2.24) is 0 Å². The Morgan fingerprint density at radius 2 is 1.64 bits per heavy atom. The maximum Gasteiger partial charge on any atom is 0.231 e. The highest BCUT2D eigenvalue weighted by atomic mass is 16.7. The van der Waals surface area contributed by atoms with Crippen molar-refractivity contribution in [2.24, 2.45) is 5.92 Å². The minimum Gasteiger partial charge on any atom is -0.508 e. The Kier molecular flexibility index (Phi) is 4.15. The number of Topliss-reactive ketones (excluding diaryl/α,β-unsaturated/α-hetero) is 1. The van der Waals surface area contributed by atoms with Crippen LogP contribution in [0.1, 0.15) is 41.3 Å². The Labute approximate surface area is 162 Å². The molecule has 0 saturated carbocycles. The van der Waals surface area contributed by atoms with Crippen LogP contribution in [0.5, 0.6) is 28.7 Å². The summed E-state index contributed by atoms with van der Waals surface area (Å²) < 4.78 is 21.5. The highest BCUT2D eigenvalue weighted by molar-refractivity contribution is 6.05. The molecule has 3 atom stereocenters. The van der Waals surface area contributed by atoms with Gasteiger partial charge in [-0.1, -0.05) is 6.92 Å². The molecule has 28 heavy (non-hydrogen) atoms. The fraction of sp³-hybridized carbons (Fsp3) is 0.381. The lowest BCUT2D eigenvalue weighted by Crippen LogP contribution is -2.48. The number of aromatic hydroxyl groups is 1. The summed E-state index contributed by atoms with van der Waals surface area (Å²) in [7, 11) is 3.00. The lowest BCUT2D eigenvalue weighted by molar-refractivity contribution is 0.00428. The van der Waals surface area contributed by atoms with Gasteiger partial charge in [-0.3, -0.25) is 4.79 Å². The molecule has 4 rings (SSSR count). The average Bonchev–Trinajstić information content (AvgIpc) is 3.13. The van der Waals surface area contributed by atoms with Crippen LogP contribution in [0.3, 0.4) is 0 Å². The van der Waals surface area contributed by atoms with Gasteiger partial charge in [0.1, 0.15) is 11.4 Å². The van der Waals surface area contributed by atoms with Crippen LogP contribution in [0.25, 0.3) is 0 Å². The number of benzene rings is 2. The predicted octanol–water partition coefficient (Wildman–Crippen LogP) is 2.85. The number of hydrogen-bond donors (Lipinski definition) is 2. The number of ketones is 1. The summed E-state index contributed by atoms with van der Waals surface area (Å²) in [6, 6.07) is 6.50. The normalized spacial score (nSPS) is 25.4. The number of phenolic OH excluding ortho intramolecular Hbond substituents is 1. The minimum atomic E-state index is -1.62. The molecule has 2 aliphatic rings. The van der Waals surface area contributed by atoms with Gasteiger partial charge >= 0.3 is 0 Å². The molecule has 1 heterocycles. The van der Waals surface area contributed by atoms with Crippen LogP contribution >= 0.6 is 0 Å². The van der Waals surface area contributed by atoms with Gasteiger partial charge in [0.2, 0.25) is 6.79 Å². The molecule has 0 saturated heterocycles. The third-order valence-corrected chi connectivity index (χ3v) is 5.84. The number of methoxy groups -OCH3 is 2. The molecule has 2 aromatic rings. The van der Waals surface area contributed by atoms with Gasteiger partial charge in [-0.25, -0.2) is 0 Å². The third kappa shape index (κ3) is 2.50. The first kappa shape index (κ1) is 18.4.